The van der Waals surface area contributed by atoms with Gasteiger partial charge in [0.2, 0.25) is 0 Å². The number of benzene rings is 1. The minimum absolute atomic E-state index is 0.183. The van der Waals surface area contributed by atoms with Crippen LogP contribution in [-0.4, -0.2) is 35.9 Å². The second-order valence-electron chi connectivity index (χ2n) is 6.46. The van der Waals surface area contributed by atoms with Gasteiger partial charge in [-0.1, -0.05) is 32.0 Å². The third-order valence-electron chi connectivity index (χ3n) is 3.92. The van der Waals surface area contributed by atoms with Gasteiger partial charge in [0.15, 0.2) is 5.82 Å². The van der Waals surface area contributed by atoms with Crippen molar-refractivity contribution in [3.8, 4) is 5.69 Å². The van der Waals surface area contributed by atoms with Gasteiger partial charge in [-0.2, -0.15) is 9.78 Å². The fraction of sp³-hybridized carbons (Fsp3) is 0.389. The van der Waals surface area contributed by atoms with E-state index in [4.69, 9.17) is 0 Å². The van der Waals surface area contributed by atoms with Crippen LogP contribution in [-0.2, 0) is 19.5 Å². The molecule has 0 radical (unpaired) electrons. The van der Waals surface area contributed by atoms with Crippen molar-refractivity contribution in [1.82, 2.24) is 35.3 Å². The molecule has 2 aromatic heterocycles. The van der Waals surface area contributed by atoms with Gasteiger partial charge in [-0.15, -0.1) is 5.10 Å². The van der Waals surface area contributed by atoms with E-state index >= 15 is 0 Å². The van der Waals surface area contributed by atoms with Crippen LogP contribution in [0.5, 0.6) is 0 Å². The maximum atomic E-state index is 12.6. The molecule has 2 heterocycles. The van der Waals surface area contributed by atoms with Gasteiger partial charge >= 0.3 is 0 Å². The fourth-order valence-electron chi connectivity index (χ4n) is 2.75. The van der Waals surface area contributed by atoms with Gasteiger partial charge in [-0.3, -0.25) is 9.48 Å². The topological polar surface area (TPSA) is 90.5 Å². The Bertz CT molecular complexity index is 867. The van der Waals surface area contributed by atoms with Crippen molar-refractivity contribution in [1.29, 1.82) is 0 Å². The first kappa shape index (κ1) is 17.8. The van der Waals surface area contributed by atoms with E-state index in [2.05, 4.69) is 39.8 Å². The Labute approximate surface area is 152 Å². The van der Waals surface area contributed by atoms with Crippen molar-refractivity contribution < 1.29 is 4.79 Å². The highest BCUT2D eigenvalue weighted by molar-refractivity contribution is 5.92. The Morgan fingerprint density at radius 2 is 2.00 bits per heavy atom. The Morgan fingerprint density at radius 3 is 2.69 bits per heavy atom. The zero-order valence-electron chi connectivity index (χ0n) is 15.3. The Hall–Kier alpha value is -3.03. The molecule has 0 spiro atoms. The summed E-state index contributed by atoms with van der Waals surface area (Å²) in [6.45, 7) is 7.11. The van der Waals surface area contributed by atoms with E-state index in [0.717, 1.165) is 17.8 Å². The minimum Gasteiger partial charge on any atom is -0.343 e. The van der Waals surface area contributed by atoms with Crippen LogP contribution in [0.4, 0.5) is 0 Å². The molecule has 3 rings (SSSR count). The van der Waals surface area contributed by atoms with E-state index in [1.165, 1.54) is 0 Å². The third-order valence-corrected chi connectivity index (χ3v) is 3.92. The number of carbonyl (C=O) groups is 1. The summed E-state index contributed by atoms with van der Waals surface area (Å²) in [6.07, 6.45) is 0.847. The quantitative estimate of drug-likeness (QED) is 0.702. The summed E-state index contributed by atoms with van der Waals surface area (Å²) in [6, 6.07) is 11.4. The summed E-state index contributed by atoms with van der Waals surface area (Å²) in [5.41, 5.74) is 2.34. The number of aromatic nitrogens is 6. The van der Waals surface area contributed by atoms with Gasteiger partial charge in [0.05, 0.1) is 17.9 Å². The van der Waals surface area contributed by atoms with E-state index in [0.29, 0.717) is 24.0 Å². The van der Waals surface area contributed by atoms with Gasteiger partial charge < -0.3 is 5.32 Å². The molecule has 136 valence electrons. The van der Waals surface area contributed by atoms with Crippen molar-refractivity contribution >= 4 is 5.91 Å². The largest absolute Gasteiger partial charge is 0.343 e. The van der Waals surface area contributed by atoms with Gasteiger partial charge in [-0.25, -0.2) is 0 Å². The molecule has 26 heavy (non-hydrogen) atoms. The summed E-state index contributed by atoms with van der Waals surface area (Å²) in [5, 5.41) is 19.1. The molecular weight excluding hydrogens is 330 g/mol. The summed E-state index contributed by atoms with van der Waals surface area (Å²) >= 11 is 0. The summed E-state index contributed by atoms with van der Waals surface area (Å²) in [5.74, 6) is 0.869. The smallest absolute Gasteiger partial charge is 0.269 e. The Morgan fingerprint density at radius 1 is 1.23 bits per heavy atom. The fourth-order valence-corrected chi connectivity index (χ4v) is 2.75. The molecule has 1 amide bonds. The lowest BCUT2D eigenvalue weighted by atomic mass is 10.1. The molecule has 0 aliphatic carbocycles. The van der Waals surface area contributed by atoms with Gasteiger partial charge in [-0.05, 0) is 47.9 Å². The number of carbonyl (C=O) groups excluding carboxylic acids is 1. The number of amides is 1. The molecule has 0 aliphatic heterocycles. The molecule has 3 aromatic rings. The van der Waals surface area contributed by atoms with E-state index in [1.54, 1.807) is 9.36 Å². The average Bonchev–Trinajstić information content (AvgIpc) is 3.26. The van der Waals surface area contributed by atoms with E-state index in [1.807, 2.05) is 43.3 Å². The second-order valence-corrected chi connectivity index (χ2v) is 6.46. The number of aryl methyl sites for hydroxylation is 1. The predicted molar refractivity (Wildman–Crippen MR) is 96.8 cm³/mol. The number of hydrogen-bond acceptors (Lipinski definition) is 5. The zero-order valence-corrected chi connectivity index (χ0v) is 15.3. The van der Waals surface area contributed by atoms with E-state index in [-0.39, 0.29) is 12.5 Å². The molecular formula is C18H23N7O. The van der Waals surface area contributed by atoms with Gasteiger partial charge in [0.25, 0.3) is 5.91 Å². The number of tetrazole rings is 1. The highest BCUT2D eigenvalue weighted by Gasteiger charge is 2.16. The van der Waals surface area contributed by atoms with Crippen molar-refractivity contribution in [3.63, 3.8) is 0 Å². The average molecular weight is 353 g/mol. The highest BCUT2D eigenvalue weighted by Crippen LogP contribution is 2.11. The van der Waals surface area contributed by atoms with Gasteiger partial charge in [0, 0.05) is 6.54 Å². The molecule has 1 N–H and O–H groups in total. The van der Waals surface area contributed by atoms with Crippen LogP contribution in [0, 0.1) is 5.92 Å². The van der Waals surface area contributed by atoms with Crippen LogP contribution in [0.15, 0.2) is 36.4 Å². The van der Waals surface area contributed by atoms with Crippen LogP contribution >= 0.6 is 0 Å². The maximum absolute atomic E-state index is 12.6. The van der Waals surface area contributed by atoms with Crippen molar-refractivity contribution in [2.45, 2.75) is 40.3 Å². The maximum Gasteiger partial charge on any atom is 0.269 e. The second kappa shape index (κ2) is 7.90. The summed E-state index contributed by atoms with van der Waals surface area (Å²) in [4.78, 5) is 12.6. The first-order chi connectivity index (χ1) is 12.6. The van der Waals surface area contributed by atoms with Crippen LogP contribution in [0.3, 0.4) is 0 Å². The molecule has 0 unspecified atom stereocenters. The lowest BCUT2D eigenvalue weighted by molar-refractivity contribution is 0.0939. The van der Waals surface area contributed by atoms with Crippen molar-refractivity contribution in [2.75, 3.05) is 0 Å². The molecule has 1 aromatic carbocycles. The van der Waals surface area contributed by atoms with Crippen LogP contribution in [0.2, 0.25) is 0 Å². The monoisotopic (exact) mass is 353 g/mol. The van der Waals surface area contributed by atoms with Gasteiger partial charge in [0.1, 0.15) is 5.69 Å². The number of rotatable bonds is 7. The predicted octanol–water partition coefficient (Wildman–Crippen LogP) is 2.01. The molecule has 0 atom stereocenters. The lowest BCUT2D eigenvalue weighted by Crippen LogP contribution is -2.27. The van der Waals surface area contributed by atoms with Crippen molar-refractivity contribution in [3.05, 3.63) is 53.6 Å². The number of para-hydroxylation sites is 1. The first-order valence-corrected chi connectivity index (χ1v) is 8.76. The van der Waals surface area contributed by atoms with Crippen LogP contribution in [0.1, 0.15) is 42.8 Å². The van der Waals surface area contributed by atoms with Crippen LogP contribution < -0.4 is 5.32 Å². The highest BCUT2D eigenvalue weighted by atomic mass is 16.2. The first-order valence-electron chi connectivity index (χ1n) is 8.76. The van der Waals surface area contributed by atoms with Crippen molar-refractivity contribution in [2.24, 2.45) is 5.92 Å². The normalized spacial score (nSPS) is 11.1. The molecule has 0 saturated heterocycles. The van der Waals surface area contributed by atoms with Crippen LogP contribution in [0.25, 0.3) is 5.69 Å². The lowest BCUT2D eigenvalue weighted by Gasteiger charge is -2.07. The number of nitrogens with zero attached hydrogens (tertiary/aromatic N) is 6. The summed E-state index contributed by atoms with van der Waals surface area (Å²) in [7, 11) is 0. The van der Waals surface area contributed by atoms with E-state index < -0.39 is 0 Å². The van der Waals surface area contributed by atoms with E-state index in [9.17, 15) is 4.79 Å². The standard InChI is InChI=1S/C18H23N7O/c1-4-24-16(11-14(21-24)10-13(2)3)18(26)19-12-17-20-22-23-25(17)15-8-6-5-7-9-15/h5-9,11,13H,4,10,12H2,1-3H3,(H,19,26). The Balaban J connectivity index is 1.72. The molecule has 8 nitrogen and oxygen atoms in total. The minimum atomic E-state index is -0.183. The Kier molecular flexibility index (Phi) is 5.40. The molecule has 0 saturated carbocycles. The number of hydrogen-bond donors (Lipinski definition) is 1. The molecule has 0 bridgehead atoms. The zero-order chi connectivity index (χ0) is 18.5. The molecule has 0 aliphatic rings. The SMILES string of the molecule is CCn1nc(CC(C)C)cc1C(=O)NCc1nnnn1-c1ccccc1. The summed E-state index contributed by atoms with van der Waals surface area (Å²) < 4.78 is 3.34. The third kappa shape index (κ3) is 3.96. The number of nitrogens with one attached hydrogen (secondary N) is 1. The molecule has 0 fully saturated rings. The molecule has 8 heteroatoms.